The molecular formula is C20H24N2O2. The van der Waals surface area contributed by atoms with Crippen LogP contribution in [0.4, 0.5) is 0 Å². The summed E-state index contributed by atoms with van der Waals surface area (Å²) in [5.74, 6) is 2.22. The van der Waals surface area contributed by atoms with Crippen LogP contribution in [0.15, 0.2) is 36.5 Å². The van der Waals surface area contributed by atoms with Crippen LogP contribution >= 0.6 is 0 Å². The fourth-order valence-electron chi connectivity index (χ4n) is 3.58. The number of fused-ring (bicyclic) bond motifs is 1. The second kappa shape index (κ2) is 6.81. The van der Waals surface area contributed by atoms with Gasteiger partial charge in [0, 0.05) is 25.2 Å². The molecule has 1 aromatic heterocycles. The Kier molecular flexibility index (Phi) is 4.39. The van der Waals surface area contributed by atoms with Crippen molar-refractivity contribution in [1.82, 2.24) is 9.88 Å². The summed E-state index contributed by atoms with van der Waals surface area (Å²) in [5, 5.41) is 0. The number of methoxy groups -OCH3 is 1. The summed E-state index contributed by atoms with van der Waals surface area (Å²) in [5.41, 5.74) is 2.90. The van der Waals surface area contributed by atoms with Gasteiger partial charge in [0.25, 0.3) is 0 Å². The average Bonchev–Trinajstić information content (AvgIpc) is 2.77. The molecule has 0 atom stereocenters. The number of hydrogen-bond donors (Lipinski definition) is 0. The van der Waals surface area contributed by atoms with Crippen LogP contribution in [-0.2, 0) is 12.8 Å². The summed E-state index contributed by atoms with van der Waals surface area (Å²) in [7, 11) is 1.61. The van der Waals surface area contributed by atoms with Gasteiger partial charge in [-0.2, -0.15) is 0 Å². The van der Waals surface area contributed by atoms with Crippen molar-refractivity contribution in [1.29, 1.82) is 0 Å². The molecule has 126 valence electrons. The molecule has 1 aliphatic heterocycles. The number of pyridine rings is 1. The summed E-state index contributed by atoms with van der Waals surface area (Å²) >= 11 is 0. The molecule has 1 fully saturated rings. The van der Waals surface area contributed by atoms with E-state index in [4.69, 9.17) is 9.47 Å². The van der Waals surface area contributed by atoms with Gasteiger partial charge < -0.3 is 9.47 Å². The first kappa shape index (κ1) is 15.5. The van der Waals surface area contributed by atoms with Crippen molar-refractivity contribution in [2.75, 3.05) is 20.2 Å². The van der Waals surface area contributed by atoms with Gasteiger partial charge in [-0.3, -0.25) is 4.90 Å². The highest BCUT2D eigenvalue weighted by Crippen LogP contribution is 2.30. The third-order valence-corrected chi connectivity index (χ3v) is 5.26. The van der Waals surface area contributed by atoms with Crippen LogP contribution in [0.5, 0.6) is 17.4 Å². The van der Waals surface area contributed by atoms with E-state index in [1.54, 1.807) is 13.3 Å². The Hall–Kier alpha value is -2.07. The summed E-state index contributed by atoms with van der Waals surface area (Å²) in [6, 6.07) is 11.0. The number of aromatic nitrogens is 1. The molecular weight excluding hydrogens is 300 g/mol. The minimum Gasteiger partial charge on any atom is -0.481 e. The molecule has 0 amide bonds. The van der Waals surface area contributed by atoms with Gasteiger partial charge in [-0.1, -0.05) is 12.5 Å². The molecule has 4 rings (SSSR count). The maximum absolute atomic E-state index is 5.96. The first-order chi connectivity index (χ1) is 11.8. The van der Waals surface area contributed by atoms with Crippen LogP contribution in [0.1, 0.15) is 30.4 Å². The molecule has 0 saturated heterocycles. The van der Waals surface area contributed by atoms with Gasteiger partial charge in [-0.05, 0) is 55.0 Å². The molecule has 1 saturated carbocycles. The van der Waals surface area contributed by atoms with E-state index >= 15 is 0 Å². The lowest BCUT2D eigenvalue weighted by Gasteiger charge is -2.36. The monoisotopic (exact) mass is 324 g/mol. The maximum Gasteiger partial charge on any atom is 0.213 e. The van der Waals surface area contributed by atoms with E-state index in [1.807, 2.05) is 12.1 Å². The maximum atomic E-state index is 5.96. The summed E-state index contributed by atoms with van der Waals surface area (Å²) in [6.45, 7) is 2.37. The Balaban J connectivity index is 1.46. The minimum absolute atomic E-state index is 0.598. The SMILES string of the molecule is COc1ccc(Oc2ccc3c(c2)CCN(C2CCC2)CC3)cn1. The number of ether oxygens (including phenoxy) is 2. The Morgan fingerprint density at radius 2 is 1.79 bits per heavy atom. The predicted molar refractivity (Wildman–Crippen MR) is 93.9 cm³/mol. The van der Waals surface area contributed by atoms with E-state index in [-0.39, 0.29) is 0 Å². The lowest BCUT2D eigenvalue weighted by atomic mass is 9.91. The van der Waals surface area contributed by atoms with Crippen LogP contribution in [-0.4, -0.2) is 36.1 Å². The van der Waals surface area contributed by atoms with Crippen LogP contribution in [0.25, 0.3) is 0 Å². The van der Waals surface area contributed by atoms with Gasteiger partial charge in [0.15, 0.2) is 0 Å². The van der Waals surface area contributed by atoms with Crippen molar-refractivity contribution < 1.29 is 9.47 Å². The standard InChI is InChI=1S/C20H24N2O2/c1-23-20-8-7-19(14-21-20)24-18-6-5-15-9-11-22(17-3-2-4-17)12-10-16(15)13-18/h5-8,13-14,17H,2-4,9-12H2,1H3. The van der Waals surface area contributed by atoms with E-state index < -0.39 is 0 Å². The van der Waals surface area contributed by atoms with Gasteiger partial charge in [0.1, 0.15) is 11.5 Å². The molecule has 0 radical (unpaired) electrons. The van der Waals surface area contributed by atoms with E-state index in [9.17, 15) is 0 Å². The first-order valence-electron chi connectivity index (χ1n) is 8.85. The highest BCUT2D eigenvalue weighted by Gasteiger charge is 2.26. The van der Waals surface area contributed by atoms with Crippen molar-refractivity contribution in [3.63, 3.8) is 0 Å². The lowest BCUT2D eigenvalue weighted by molar-refractivity contribution is 0.133. The molecule has 0 spiro atoms. The van der Waals surface area contributed by atoms with Crippen molar-refractivity contribution >= 4 is 0 Å². The second-order valence-corrected chi connectivity index (χ2v) is 6.69. The zero-order valence-electron chi connectivity index (χ0n) is 14.2. The van der Waals surface area contributed by atoms with E-state index in [0.29, 0.717) is 5.88 Å². The van der Waals surface area contributed by atoms with Crippen LogP contribution < -0.4 is 9.47 Å². The average molecular weight is 324 g/mol. The summed E-state index contributed by atoms with van der Waals surface area (Å²) in [4.78, 5) is 6.87. The summed E-state index contributed by atoms with van der Waals surface area (Å²) in [6.07, 6.45) is 8.13. The van der Waals surface area contributed by atoms with E-state index in [1.165, 1.54) is 43.5 Å². The van der Waals surface area contributed by atoms with Crippen molar-refractivity contribution in [3.05, 3.63) is 47.7 Å². The second-order valence-electron chi connectivity index (χ2n) is 6.69. The summed E-state index contributed by atoms with van der Waals surface area (Å²) < 4.78 is 11.0. The number of nitrogens with zero attached hydrogens (tertiary/aromatic N) is 2. The molecule has 0 bridgehead atoms. The number of benzene rings is 1. The Morgan fingerprint density at radius 3 is 2.46 bits per heavy atom. The van der Waals surface area contributed by atoms with E-state index in [2.05, 4.69) is 28.1 Å². The Bertz CT molecular complexity index is 695. The molecule has 1 aromatic carbocycles. The Labute approximate surface area is 143 Å². The third-order valence-electron chi connectivity index (χ3n) is 5.26. The van der Waals surface area contributed by atoms with Crippen molar-refractivity contribution in [3.8, 4) is 17.4 Å². The minimum atomic E-state index is 0.598. The van der Waals surface area contributed by atoms with Crippen molar-refractivity contribution in [2.45, 2.75) is 38.1 Å². The molecule has 1 aliphatic carbocycles. The van der Waals surface area contributed by atoms with Gasteiger partial charge in [-0.25, -0.2) is 4.98 Å². The molecule has 2 aromatic rings. The lowest BCUT2D eigenvalue weighted by Crippen LogP contribution is -2.41. The topological polar surface area (TPSA) is 34.6 Å². The molecule has 4 nitrogen and oxygen atoms in total. The highest BCUT2D eigenvalue weighted by atomic mass is 16.5. The zero-order chi connectivity index (χ0) is 16.4. The fourth-order valence-corrected chi connectivity index (χ4v) is 3.58. The fraction of sp³-hybridized carbons (Fsp3) is 0.450. The molecule has 2 heterocycles. The smallest absolute Gasteiger partial charge is 0.213 e. The third kappa shape index (κ3) is 3.24. The number of hydrogen-bond acceptors (Lipinski definition) is 4. The largest absolute Gasteiger partial charge is 0.481 e. The molecule has 2 aliphatic rings. The molecule has 0 N–H and O–H groups in total. The van der Waals surface area contributed by atoms with Gasteiger partial charge >= 0.3 is 0 Å². The van der Waals surface area contributed by atoms with Crippen LogP contribution in [0, 0.1) is 0 Å². The van der Waals surface area contributed by atoms with Gasteiger partial charge in [0.2, 0.25) is 5.88 Å². The van der Waals surface area contributed by atoms with Crippen molar-refractivity contribution in [2.24, 2.45) is 0 Å². The molecule has 4 heteroatoms. The normalized spacial score (nSPS) is 18.4. The predicted octanol–water partition coefficient (Wildman–Crippen LogP) is 3.84. The van der Waals surface area contributed by atoms with Gasteiger partial charge in [-0.15, -0.1) is 0 Å². The quantitative estimate of drug-likeness (QED) is 0.856. The van der Waals surface area contributed by atoms with Crippen LogP contribution in [0.2, 0.25) is 0 Å². The Morgan fingerprint density at radius 1 is 1.00 bits per heavy atom. The van der Waals surface area contributed by atoms with Crippen LogP contribution in [0.3, 0.4) is 0 Å². The number of rotatable bonds is 4. The molecule has 0 unspecified atom stereocenters. The first-order valence-corrected chi connectivity index (χ1v) is 8.85. The van der Waals surface area contributed by atoms with Gasteiger partial charge in [0.05, 0.1) is 13.3 Å². The molecule has 24 heavy (non-hydrogen) atoms. The zero-order valence-corrected chi connectivity index (χ0v) is 14.2. The highest BCUT2D eigenvalue weighted by molar-refractivity contribution is 5.39. The van der Waals surface area contributed by atoms with E-state index in [0.717, 1.165) is 30.4 Å².